The van der Waals surface area contributed by atoms with Crippen LogP contribution in [0.15, 0.2) is 84.9 Å². The Hall–Kier alpha value is -4.63. The Bertz CT molecular complexity index is 1660. The quantitative estimate of drug-likeness (QED) is 0.157. The smallest absolute Gasteiger partial charge is 0.269 e. The number of nitro benzene ring substituents is 1. The number of nitrogens with zero attached hydrogens (tertiary/aromatic N) is 4. The lowest BCUT2D eigenvalue weighted by atomic mass is 10.1. The number of ether oxygens (including phenoxy) is 2. The molecule has 1 fully saturated rings. The van der Waals surface area contributed by atoms with Gasteiger partial charge in [-0.2, -0.15) is 0 Å². The molecule has 3 aromatic carbocycles. The number of nitro groups is 1. The number of benzene rings is 3. The molecule has 0 amide bonds. The average molecular weight is 539 g/mol. The van der Waals surface area contributed by atoms with Crippen LogP contribution in [0.25, 0.3) is 22.3 Å². The number of fused-ring (bicyclic) bond motifs is 1. The summed E-state index contributed by atoms with van der Waals surface area (Å²) in [7, 11) is 0. The Kier molecular flexibility index (Phi) is 7.20. The lowest BCUT2D eigenvalue weighted by Gasteiger charge is -2.15. The Balaban J connectivity index is 1.19. The van der Waals surface area contributed by atoms with Crippen LogP contribution in [0.3, 0.4) is 0 Å². The molecule has 9 heteroatoms. The van der Waals surface area contributed by atoms with Gasteiger partial charge in [0.25, 0.3) is 5.69 Å². The van der Waals surface area contributed by atoms with Crippen LogP contribution in [0.1, 0.15) is 29.8 Å². The van der Waals surface area contributed by atoms with Crippen LogP contribution in [0.5, 0.6) is 5.88 Å². The summed E-state index contributed by atoms with van der Waals surface area (Å²) >= 11 is 0. The van der Waals surface area contributed by atoms with Crippen LogP contribution < -0.4 is 4.74 Å². The molecule has 1 saturated heterocycles. The first kappa shape index (κ1) is 25.6. The number of pyridine rings is 1. The molecular weight excluding hydrogens is 511 g/mol. The van der Waals surface area contributed by atoms with E-state index >= 15 is 4.39 Å². The van der Waals surface area contributed by atoms with E-state index in [1.165, 1.54) is 18.2 Å². The summed E-state index contributed by atoms with van der Waals surface area (Å²) in [6.45, 7) is 1.68. The van der Waals surface area contributed by atoms with Gasteiger partial charge in [-0.25, -0.2) is 14.4 Å². The van der Waals surface area contributed by atoms with E-state index in [1.54, 1.807) is 36.4 Å². The fraction of sp³-hybridized carbons (Fsp3) is 0.226. The van der Waals surface area contributed by atoms with Gasteiger partial charge in [0.2, 0.25) is 5.88 Å². The van der Waals surface area contributed by atoms with Crippen LogP contribution in [0, 0.1) is 15.9 Å². The van der Waals surface area contributed by atoms with Gasteiger partial charge in [-0.05, 0) is 60.4 Å². The molecule has 0 radical (unpaired) electrons. The molecule has 0 aliphatic carbocycles. The van der Waals surface area contributed by atoms with Crippen molar-refractivity contribution in [1.29, 1.82) is 0 Å². The van der Waals surface area contributed by atoms with Gasteiger partial charge in [0, 0.05) is 36.8 Å². The zero-order chi connectivity index (χ0) is 27.5. The summed E-state index contributed by atoms with van der Waals surface area (Å²) in [6.07, 6.45) is 2.57. The van der Waals surface area contributed by atoms with Gasteiger partial charge in [0.05, 0.1) is 34.3 Å². The highest BCUT2D eigenvalue weighted by atomic mass is 19.1. The Labute approximate surface area is 230 Å². The van der Waals surface area contributed by atoms with Crippen molar-refractivity contribution in [3.63, 3.8) is 0 Å². The first-order chi connectivity index (χ1) is 19.5. The second-order valence-corrected chi connectivity index (χ2v) is 9.82. The predicted octanol–water partition coefficient (Wildman–Crippen LogP) is 6.49. The molecule has 5 aromatic rings. The molecule has 6 rings (SSSR count). The standard InChI is InChI=1S/C31H27FN4O4/c32-26-17-23(27-7-3-9-31(34-27)40-20-21-10-14-24(15-11-21)36(37)38)13-12-22(26)18-30-33-28-6-1-2-8-29(28)35(30)19-25-5-4-16-39-25/h1-3,6-15,17,25H,4-5,16,18-20H2. The van der Waals surface area contributed by atoms with E-state index in [-0.39, 0.29) is 24.2 Å². The normalized spacial score (nSPS) is 15.0. The molecule has 1 aliphatic rings. The van der Waals surface area contributed by atoms with E-state index in [2.05, 4.69) is 9.55 Å². The molecule has 202 valence electrons. The molecule has 1 aliphatic heterocycles. The number of non-ortho nitro benzene ring substituents is 1. The molecule has 1 atom stereocenters. The van der Waals surface area contributed by atoms with Crippen molar-refractivity contribution >= 4 is 16.7 Å². The summed E-state index contributed by atoms with van der Waals surface area (Å²) in [5.41, 5.74) is 4.49. The number of hydrogen-bond acceptors (Lipinski definition) is 6. The van der Waals surface area contributed by atoms with E-state index in [0.29, 0.717) is 35.7 Å². The van der Waals surface area contributed by atoms with Gasteiger partial charge in [-0.3, -0.25) is 10.1 Å². The molecular formula is C31H27FN4O4. The van der Waals surface area contributed by atoms with Crippen molar-refractivity contribution < 1.29 is 18.8 Å². The maximum absolute atomic E-state index is 15.4. The van der Waals surface area contributed by atoms with Crippen molar-refractivity contribution in [1.82, 2.24) is 14.5 Å². The van der Waals surface area contributed by atoms with Gasteiger partial charge < -0.3 is 14.0 Å². The van der Waals surface area contributed by atoms with Crippen molar-refractivity contribution in [2.75, 3.05) is 6.61 Å². The molecule has 0 saturated carbocycles. The van der Waals surface area contributed by atoms with Gasteiger partial charge in [0.15, 0.2) is 0 Å². The van der Waals surface area contributed by atoms with Crippen molar-refractivity contribution in [3.05, 3.63) is 118 Å². The topological polar surface area (TPSA) is 92.3 Å². The molecule has 0 bridgehead atoms. The summed E-state index contributed by atoms with van der Waals surface area (Å²) in [5.74, 6) is 0.860. The highest BCUT2D eigenvalue weighted by molar-refractivity contribution is 5.76. The fourth-order valence-electron chi connectivity index (χ4n) is 5.00. The number of imidazole rings is 1. The number of aromatic nitrogens is 3. The first-order valence-corrected chi connectivity index (χ1v) is 13.2. The van der Waals surface area contributed by atoms with E-state index < -0.39 is 4.92 Å². The summed E-state index contributed by atoms with van der Waals surface area (Å²) in [6, 6.07) is 24.6. The summed E-state index contributed by atoms with van der Waals surface area (Å²) in [4.78, 5) is 19.8. The monoisotopic (exact) mass is 538 g/mol. The van der Waals surface area contributed by atoms with Crippen molar-refractivity contribution in [2.45, 2.75) is 38.5 Å². The van der Waals surface area contributed by atoms with Crippen LogP contribution in [-0.2, 0) is 24.3 Å². The molecule has 2 aromatic heterocycles. The number of rotatable bonds is 9. The first-order valence-electron chi connectivity index (χ1n) is 13.2. The van der Waals surface area contributed by atoms with Gasteiger partial charge >= 0.3 is 0 Å². The minimum absolute atomic E-state index is 0.0226. The largest absolute Gasteiger partial charge is 0.473 e. The Morgan fingerprint density at radius 3 is 2.65 bits per heavy atom. The van der Waals surface area contributed by atoms with E-state index in [9.17, 15) is 10.1 Å². The third kappa shape index (κ3) is 5.55. The third-order valence-electron chi connectivity index (χ3n) is 7.10. The number of para-hydroxylation sites is 2. The average Bonchev–Trinajstić information content (AvgIpc) is 3.61. The summed E-state index contributed by atoms with van der Waals surface area (Å²) < 4.78 is 29.2. The van der Waals surface area contributed by atoms with Gasteiger partial charge in [0.1, 0.15) is 18.2 Å². The number of halogens is 1. The van der Waals surface area contributed by atoms with Crippen LogP contribution in [0.4, 0.5) is 10.1 Å². The van der Waals surface area contributed by atoms with Gasteiger partial charge in [-0.1, -0.05) is 30.3 Å². The van der Waals surface area contributed by atoms with Crippen LogP contribution >= 0.6 is 0 Å². The SMILES string of the molecule is O=[N+]([O-])c1ccc(COc2cccc(-c3ccc(Cc4nc5ccccc5n4CC4CCCO4)c(F)c3)n2)cc1. The lowest BCUT2D eigenvalue weighted by Crippen LogP contribution is -2.17. The fourth-order valence-corrected chi connectivity index (χ4v) is 5.00. The second kappa shape index (κ2) is 11.2. The number of hydrogen-bond donors (Lipinski definition) is 0. The zero-order valence-corrected chi connectivity index (χ0v) is 21.7. The third-order valence-corrected chi connectivity index (χ3v) is 7.10. The van der Waals surface area contributed by atoms with Crippen molar-refractivity contribution in [3.8, 4) is 17.1 Å². The highest BCUT2D eigenvalue weighted by Gasteiger charge is 2.20. The predicted molar refractivity (Wildman–Crippen MR) is 149 cm³/mol. The van der Waals surface area contributed by atoms with Crippen LogP contribution in [0.2, 0.25) is 0 Å². The molecule has 0 spiro atoms. The molecule has 8 nitrogen and oxygen atoms in total. The van der Waals surface area contributed by atoms with E-state index in [0.717, 1.165) is 41.9 Å². The maximum atomic E-state index is 15.4. The lowest BCUT2D eigenvalue weighted by molar-refractivity contribution is -0.384. The van der Waals surface area contributed by atoms with Gasteiger partial charge in [-0.15, -0.1) is 0 Å². The van der Waals surface area contributed by atoms with Crippen molar-refractivity contribution in [2.24, 2.45) is 0 Å². The van der Waals surface area contributed by atoms with Crippen LogP contribution in [-0.4, -0.2) is 32.2 Å². The summed E-state index contributed by atoms with van der Waals surface area (Å²) in [5, 5.41) is 10.8. The Morgan fingerprint density at radius 2 is 1.88 bits per heavy atom. The Morgan fingerprint density at radius 1 is 1.02 bits per heavy atom. The van der Waals surface area contributed by atoms with E-state index in [4.69, 9.17) is 14.5 Å². The second-order valence-electron chi connectivity index (χ2n) is 9.82. The molecule has 0 N–H and O–H groups in total. The molecule has 3 heterocycles. The highest BCUT2D eigenvalue weighted by Crippen LogP contribution is 2.26. The minimum Gasteiger partial charge on any atom is -0.473 e. The molecule has 1 unspecified atom stereocenters. The maximum Gasteiger partial charge on any atom is 0.269 e. The minimum atomic E-state index is -0.443. The molecule has 40 heavy (non-hydrogen) atoms. The zero-order valence-electron chi connectivity index (χ0n) is 21.7. The van der Waals surface area contributed by atoms with E-state index in [1.807, 2.05) is 30.3 Å².